The van der Waals surface area contributed by atoms with E-state index in [4.69, 9.17) is 0 Å². The first-order valence-corrected chi connectivity index (χ1v) is 9.36. The van der Waals surface area contributed by atoms with E-state index in [9.17, 15) is 14.7 Å². The lowest BCUT2D eigenvalue weighted by atomic mass is 9.78. The number of phenolic OH excluding ortho intramolecular Hbond substituents is 1. The van der Waals surface area contributed by atoms with Gasteiger partial charge in [-0.1, -0.05) is 42.4 Å². The van der Waals surface area contributed by atoms with Crippen molar-refractivity contribution in [2.24, 2.45) is 5.41 Å². The van der Waals surface area contributed by atoms with Gasteiger partial charge in [0.15, 0.2) is 11.6 Å². The van der Waals surface area contributed by atoms with E-state index < -0.39 is 5.41 Å². The molecule has 0 aliphatic rings. The minimum Gasteiger partial charge on any atom is -0.507 e. The molecule has 0 spiro atoms. The summed E-state index contributed by atoms with van der Waals surface area (Å²) in [6, 6.07) is 5.01. The van der Waals surface area contributed by atoms with Crippen LogP contribution in [0.25, 0.3) is 0 Å². The molecule has 0 amide bonds. The predicted octanol–water partition coefficient (Wildman–Crippen LogP) is 6.12. The van der Waals surface area contributed by atoms with E-state index in [0.717, 1.165) is 24.0 Å². The number of hydrogen-bond donors (Lipinski definition) is 1. The molecule has 3 heteroatoms. The van der Waals surface area contributed by atoms with Gasteiger partial charge in [0.1, 0.15) is 5.75 Å². The van der Waals surface area contributed by atoms with Gasteiger partial charge in [-0.3, -0.25) is 9.59 Å². The Morgan fingerprint density at radius 3 is 2.41 bits per heavy atom. The van der Waals surface area contributed by atoms with Gasteiger partial charge in [-0.2, -0.15) is 0 Å². The fourth-order valence-electron chi connectivity index (χ4n) is 3.06. The number of ketones is 2. The van der Waals surface area contributed by atoms with Gasteiger partial charge in [-0.25, -0.2) is 0 Å². The zero-order valence-electron chi connectivity index (χ0n) is 17.3. The number of rotatable bonds is 10. The molecule has 0 bridgehead atoms. The highest BCUT2D eigenvalue weighted by molar-refractivity contribution is 6.01. The second-order valence-electron chi connectivity index (χ2n) is 7.88. The highest BCUT2D eigenvalue weighted by atomic mass is 16.3. The Morgan fingerprint density at radius 2 is 1.85 bits per heavy atom. The second-order valence-corrected chi connectivity index (χ2v) is 7.88. The van der Waals surface area contributed by atoms with Gasteiger partial charge in [0, 0.05) is 12.8 Å². The molecule has 0 radical (unpaired) electrons. The van der Waals surface area contributed by atoms with Crippen LogP contribution >= 0.6 is 0 Å². The van der Waals surface area contributed by atoms with Gasteiger partial charge in [-0.15, -0.1) is 6.58 Å². The molecule has 0 saturated carbocycles. The summed E-state index contributed by atoms with van der Waals surface area (Å²) in [5, 5.41) is 10.0. The summed E-state index contributed by atoms with van der Waals surface area (Å²) in [6.45, 7) is 13.6. The Labute approximate surface area is 163 Å². The van der Waals surface area contributed by atoms with Crippen LogP contribution in [0.3, 0.4) is 0 Å². The number of Topliss-reactive ketones (excluding diaryl/α,β-unsaturated/α-hetero) is 1. The average Bonchev–Trinajstić information content (AvgIpc) is 2.53. The fourth-order valence-corrected chi connectivity index (χ4v) is 3.06. The minimum absolute atomic E-state index is 0.00564. The topological polar surface area (TPSA) is 54.4 Å². The summed E-state index contributed by atoms with van der Waals surface area (Å²) in [4.78, 5) is 25.2. The normalized spacial score (nSPS) is 13.6. The SMILES string of the molecule is C=CC(C)(CC(=O)/C=C(\C)CCC=C(C)C)CC(=O)c1c(C)cccc1O. The van der Waals surface area contributed by atoms with Crippen LogP contribution < -0.4 is 0 Å². The molecule has 0 fully saturated rings. The predicted molar refractivity (Wildman–Crippen MR) is 112 cm³/mol. The molecule has 1 atom stereocenters. The van der Waals surface area contributed by atoms with Crippen LogP contribution in [-0.2, 0) is 4.79 Å². The van der Waals surface area contributed by atoms with Crippen molar-refractivity contribution in [3.8, 4) is 5.75 Å². The molecular weight excluding hydrogens is 336 g/mol. The third kappa shape index (κ3) is 7.38. The molecule has 0 aliphatic heterocycles. The molecule has 0 heterocycles. The zero-order chi connectivity index (χ0) is 20.6. The van der Waals surface area contributed by atoms with Crippen molar-refractivity contribution in [3.05, 3.63) is 65.3 Å². The third-order valence-corrected chi connectivity index (χ3v) is 4.66. The molecule has 1 aromatic rings. The molecule has 1 rings (SSSR count). The quantitative estimate of drug-likeness (QED) is 0.307. The van der Waals surface area contributed by atoms with Crippen molar-refractivity contribution in [1.82, 2.24) is 0 Å². The van der Waals surface area contributed by atoms with E-state index in [0.29, 0.717) is 5.56 Å². The lowest BCUT2D eigenvalue weighted by molar-refractivity contribution is -0.116. The maximum absolute atomic E-state index is 12.7. The Balaban J connectivity index is 2.83. The van der Waals surface area contributed by atoms with Crippen LogP contribution in [-0.4, -0.2) is 16.7 Å². The van der Waals surface area contributed by atoms with Crippen LogP contribution in [0.2, 0.25) is 0 Å². The number of aryl methyl sites for hydroxylation is 1. The number of allylic oxidation sites excluding steroid dienone is 5. The number of hydrogen-bond acceptors (Lipinski definition) is 3. The maximum atomic E-state index is 12.7. The first-order valence-electron chi connectivity index (χ1n) is 9.36. The standard InChI is InChI=1S/C24H32O3/c1-7-24(6,15-20(25)14-18(4)11-8-10-17(2)3)16-22(27)23-19(5)12-9-13-21(23)26/h7,9-10,12-14,26H,1,8,11,15-16H2,2-6H3/b18-14+. The largest absolute Gasteiger partial charge is 0.507 e. The van der Waals surface area contributed by atoms with Crippen molar-refractivity contribution in [3.63, 3.8) is 0 Å². The summed E-state index contributed by atoms with van der Waals surface area (Å²) in [5.41, 5.74) is 2.71. The number of aromatic hydroxyl groups is 1. The van der Waals surface area contributed by atoms with Crippen LogP contribution in [0.4, 0.5) is 0 Å². The monoisotopic (exact) mass is 368 g/mol. The van der Waals surface area contributed by atoms with Crippen LogP contribution in [0.15, 0.2) is 54.2 Å². The Hall–Kier alpha value is -2.42. The molecule has 3 nitrogen and oxygen atoms in total. The summed E-state index contributed by atoms with van der Waals surface area (Å²) < 4.78 is 0. The third-order valence-electron chi connectivity index (χ3n) is 4.66. The summed E-state index contributed by atoms with van der Waals surface area (Å²) in [5.74, 6) is -0.202. The first kappa shape index (κ1) is 22.6. The zero-order valence-corrected chi connectivity index (χ0v) is 17.3. The van der Waals surface area contributed by atoms with E-state index in [2.05, 4.69) is 26.5 Å². The summed E-state index contributed by atoms with van der Waals surface area (Å²) in [6.07, 6.45) is 7.61. The van der Waals surface area contributed by atoms with Gasteiger partial charge >= 0.3 is 0 Å². The second kappa shape index (κ2) is 10.1. The minimum atomic E-state index is -0.653. The van der Waals surface area contributed by atoms with Gasteiger partial charge in [-0.05, 0) is 63.7 Å². The van der Waals surface area contributed by atoms with Gasteiger partial charge in [0.25, 0.3) is 0 Å². The smallest absolute Gasteiger partial charge is 0.167 e. The van der Waals surface area contributed by atoms with Crippen molar-refractivity contribution in [1.29, 1.82) is 0 Å². The molecular formula is C24H32O3. The molecule has 1 aromatic carbocycles. The molecule has 0 aromatic heterocycles. The first-order chi connectivity index (χ1) is 12.6. The Morgan fingerprint density at radius 1 is 1.19 bits per heavy atom. The van der Waals surface area contributed by atoms with Gasteiger partial charge < -0.3 is 5.11 Å². The summed E-state index contributed by atoms with van der Waals surface area (Å²) >= 11 is 0. The average molecular weight is 369 g/mol. The van der Waals surface area contributed by atoms with Crippen molar-refractivity contribution in [2.45, 2.75) is 60.3 Å². The molecule has 1 unspecified atom stereocenters. The van der Waals surface area contributed by atoms with Crippen LogP contribution in [0.5, 0.6) is 5.75 Å². The highest BCUT2D eigenvalue weighted by Crippen LogP contribution is 2.32. The van der Waals surface area contributed by atoms with Crippen LogP contribution in [0, 0.1) is 12.3 Å². The fraction of sp³-hybridized carbons (Fsp3) is 0.417. The van der Waals surface area contributed by atoms with Crippen molar-refractivity contribution in [2.75, 3.05) is 0 Å². The lowest BCUT2D eigenvalue weighted by Gasteiger charge is -2.24. The molecule has 1 N–H and O–H groups in total. The van der Waals surface area contributed by atoms with E-state index in [1.54, 1.807) is 31.2 Å². The maximum Gasteiger partial charge on any atom is 0.167 e. The van der Waals surface area contributed by atoms with E-state index >= 15 is 0 Å². The van der Waals surface area contributed by atoms with Crippen molar-refractivity contribution < 1.29 is 14.7 Å². The number of phenols is 1. The Bertz CT molecular complexity index is 744. The highest BCUT2D eigenvalue weighted by Gasteiger charge is 2.28. The van der Waals surface area contributed by atoms with E-state index in [-0.39, 0.29) is 30.2 Å². The molecule has 0 aliphatic carbocycles. The van der Waals surface area contributed by atoms with Crippen molar-refractivity contribution >= 4 is 11.6 Å². The van der Waals surface area contributed by atoms with Crippen LogP contribution in [0.1, 0.15) is 69.3 Å². The molecule has 146 valence electrons. The lowest BCUT2D eigenvalue weighted by Crippen LogP contribution is -2.22. The molecule has 0 saturated heterocycles. The Kier molecular flexibility index (Phi) is 8.42. The van der Waals surface area contributed by atoms with Gasteiger partial charge in [0.2, 0.25) is 0 Å². The number of carbonyl (C=O) groups is 2. The number of carbonyl (C=O) groups excluding carboxylic acids is 2. The van der Waals surface area contributed by atoms with E-state index in [1.807, 2.05) is 13.8 Å². The molecule has 27 heavy (non-hydrogen) atoms. The van der Waals surface area contributed by atoms with Gasteiger partial charge in [0.05, 0.1) is 5.56 Å². The van der Waals surface area contributed by atoms with E-state index in [1.165, 1.54) is 11.6 Å². The summed E-state index contributed by atoms with van der Waals surface area (Å²) in [7, 11) is 0. The number of benzene rings is 1.